The molecule has 0 N–H and O–H groups in total. The number of benzene rings is 1. The minimum atomic E-state index is -3.64. The minimum Gasteiger partial charge on any atom is -0.400 e. The highest BCUT2D eigenvalue weighted by molar-refractivity contribution is 7.90. The van der Waals surface area contributed by atoms with Crippen molar-refractivity contribution in [3.05, 3.63) is 59.0 Å². The third-order valence-corrected chi connectivity index (χ3v) is 8.76. The highest BCUT2D eigenvalue weighted by Crippen LogP contribution is 2.40. The molecule has 3 aromatic rings. The van der Waals surface area contributed by atoms with Gasteiger partial charge in [-0.3, -0.25) is 14.3 Å². The third kappa shape index (κ3) is 5.75. The lowest BCUT2D eigenvalue weighted by Crippen LogP contribution is -2.51. The highest BCUT2D eigenvalue weighted by Gasteiger charge is 2.43. The Bertz CT molecular complexity index is 1410. The van der Waals surface area contributed by atoms with Crippen LogP contribution in [0.15, 0.2) is 58.6 Å². The van der Waals surface area contributed by atoms with Gasteiger partial charge in [0.1, 0.15) is 12.1 Å². The number of sulfone groups is 1. The number of fused-ring (bicyclic) bond motifs is 1. The predicted molar refractivity (Wildman–Crippen MR) is 148 cm³/mol. The van der Waals surface area contributed by atoms with Gasteiger partial charge in [0.05, 0.1) is 5.69 Å². The molecule has 0 saturated heterocycles. The van der Waals surface area contributed by atoms with Gasteiger partial charge in [0.2, 0.25) is 20.9 Å². The normalized spacial score (nSPS) is 17.5. The Morgan fingerprint density at radius 2 is 1.73 bits per heavy atom. The van der Waals surface area contributed by atoms with Crippen molar-refractivity contribution in [3.63, 3.8) is 0 Å². The van der Waals surface area contributed by atoms with Gasteiger partial charge in [-0.05, 0) is 6.07 Å². The molecule has 1 unspecified atom stereocenters. The lowest BCUT2D eigenvalue weighted by molar-refractivity contribution is -0.107. The smallest absolute Gasteiger partial charge is 0.255 e. The molecule has 0 saturated carbocycles. The zero-order valence-corrected chi connectivity index (χ0v) is 25.4. The van der Waals surface area contributed by atoms with Crippen LogP contribution < -0.4 is 10.5 Å². The molecule has 1 aliphatic rings. The van der Waals surface area contributed by atoms with Gasteiger partial charge in [-0.2, -0.15) is 0 Å². The monoisotopic (exact) mass is 559 g/mol. The van der Waals surface area contributed by atoms with E-state index in [0.29, 0.717) is 30.5 Å². The molecule has 1 aromatic carbocycles. The fourth-order valence-corrected chi connectivity index (χ4v) is 6.87. The van der Waals surface area contributed by atoms with E-state index < -0.39 is 34.8 Å². The van der Waals surface area contributed by atoms with Crippen molar-refractivity contribution in [1.82, 2.24) is 19.5 Å². The van der Waals surface area contributed by atoms with E-state index in [1.54, 1.807) is 10.6 Å². The minimum absolute atomic E-state index is 0.0789. The average molecular weight is 560 g/mol. The quantitative estimate of drug-likeness (QED) is 0.219. The second kappa shape index (κ2) is 11.0. The number of nitrogens with zero attached hydrogens (tertiary/aromatic N) is 5. The standard InChI is InChI=1S/C24H33N5O5SSi2/c1-24(2,21(33-36-4)34-37-5)17-14-28(19-11-12-25-22(27-19)35(3,31)32)23-26-18(13-20(30)29(23)15-17)16-9-7-6-8-10-16/h6-13,17,21H,14-15,36-37H2,1-5H3. The fourth-order valence-electron chi connectivity index (χ4n) is 4.51. The first-order valence-corrected chi connectivity index (χ1v) is 18.1. The number of rotatable bonds is 9. The van der Waals surface area contributed by atoms with Crippen molar-refractivity contribution in [2.75, 3.05) is 17.7 Å². The largest absolute Gasteiger partial charge is 0.400 e. The molecule has 13 heteroatoms. The van der Waals surface area contributed by atoms with Gasteiger partial charge in [-0.1, -0.05) is 57.3 Å². The number of aromatic nitrogens is 4. The van der Waals surface area contributed by atoms with Gasteiger partial charge < -0.3 is 8.85 Å². The van der Waals surface area contributed by atoms with Gasteiger partial charge in [0, 0.05) is 48.5 Å². The zero-order valence-electron chi connectivity index (χ0n) is 21.8. The van der Waals surface area contributed by atoms with Crippen LogP contribution in [0.2, 0.25) is 13.1 Å². The summed E-state index contributed by atoms with van der Waals surface area (Å²) in [4.78, 5) is 28.4. The Labute approximate surface area is 221 Å². The molecular formula is C24H33N5O5SSi2. The van der Waals surface area contributed by atoms with E-state index >= 15 is 0 Å². The van der Waals surface area contributed by atoms with Crippen LogP contribution >= 0.6 is 0 Å². The summed E-state index contributed by atoms with van der Waals surface area (Å²) < 4.78 is 38.3. The van der Waals surface area contributed by atoms with E-state index in [4.69, 9.17) is 13.8 Å². The van der Waals surface area contributed by atoms with Crippen LogP contribution in [-0.2, 0) is 25.2 Å². The van der Waals surface area contributed by atoms with Crippen LogP contribution in [0.5, 0.6) is 0 Å². The molecule has 0 aliphatic carbocycles. The topological polar surface area (TPSA) is 117 Å². The molecule has 0 bridgehead atoms. The van der Waals surface area contributed by atoms with Crippen molar-refractivity contribution in [2.24, 2.45) is 11.3 Å². The van der Waals surface area contributed by atoms with Crippen molar-refractivity contribution in [2.45, 2.75) is 44.9 Å². The highest BCUT2D eigenvalue weighted by atomic mass is 32.2. The molecule has 198 valence electrons. The van der Waals surface area contributed by atoms with Crippen molar-refractivity contribution >= 4 is 41.1 Å². The molecule has 37 heavy (non-hydrogen) atoms. The summed E-state index contributed by atoms with van der Waals surface area (Å²) in [5.41, 5.74) is 0.717. The first-order chi connectivity index (χ1) is 17.6. The summed E-state index contributed by atoms with van der Waals surface area (Å²) in [5, 5.41) is -0.280. The van der Waals surface area contributed by atoms with Crippen LogP contribution in [0.4, 0.5) is 11.8 Å². The van der Waals surface area contributed by atoms with E-state index in [0.717, 1.165) is 11.8 Å². The van der Waals surface area contributed by atoms with Gasteiger partial charge in [0.25, 0.3) is 5.56 Å². The fraction of sp³-hybridized carbons (Fsp3) is 0.417. The third-order valence-electron chi connectivity index (χ3n) is 6.63. The van der Waals surface area contributed by atoms with Crippen molar-refractivity contribution in [3.8, 4) is 11.3 Å². The van der Waals surface area contributed by atoms with Crippen molar-refractivity contribution in [1.29, 1.82) is 0 Å². The predicted octanol–water partition coefficient (Wildman–Crippen LogP) is 1.52. The summed E-state index contributed by atoms with van der Waals surface area (Å²) in [6.07, 6.45) is 2.11. The molecule has 0 spiro atoms. The lowest BCUT2D eigenvalue weighted by Gasteiger charge is -2.45. The van der Waals surface area contributed by atoms with Gasteiger partial charge in [-0.15, -0.1) is 0 Å². The van der Waals surface area contributed by atoms with E-state index in [-0.39, 0.29) is 22.9 Å². The first-order valence-electron chi connectivity index (χ1n) is 12.3. The Morgan fingerprint density at radius 1 is 1.05 bits per heavy atom. The maximum atomic E-state index is 13.5. The second-order valence-electron chi connectivity index (χ2n) is 9.60. The second-order valence-corrected chi connectivity index (χ2v) is 13.3. The summed E-state index contributed by atoms with van der Waals surface area (Å²) >= 11 is 0. The lowest BCUT2D eigenvalue weighted by atomic mass is 9.77. The van der Waals surface area contributed by atoms with Crippen LogP contribution in [0.25, 0.3) is 11.3 Å². The molecule has 1 atom stereocenters. The number of hydrogen-bond acceptors (Lipinski definition) is 9. The number of hydrogen-bond donors (Lipinski definition) is 0. The molecule has 4 rings (SSSR count). The first kappa shape index (κ1) is 27.3. The van der Waals surface area contributed by atoms with Gasteiger partial charge in [0.15, 0.2) is 19.5 Å². The van der Waals surface area contributed by atoms with E-state index in [9.17, 15) is 13.2 Å². The van der Waals surface area contributed by atoms with Crippen molar-refractivity contribution < 1.29 is 17.3 Å². The maximum Gasteiger partial charge on any atom is 0.255 e. The Kier molecular flexibility index (Phi) is 8.09. The van der Waals surface area contributed by atoms with Gasteiger partial charge >= 0.3 is 0 Å². The molecule has 0 amide bonds. The molecule has 0 radical (unpaired) electrons. The Hall–Kier alpha value is -2.72. The van der Waals surface area contributed by atoms with E-state index in [2.05, 4.69) is 36.9 Å². The van der Waals surface area contributed by atoms with E-state index in [1.807, 2.05) is 35.2 Å². The molecule has 1 aliphatic heterocycles. The molecule has 3 heterocycles. The van der Waals surface area contributed by atoms with Crippen LogP contribution in [0, 0.1) is 11.3 Å². The maximum absolute atomic E-state index is 13.5. The zero-order chi connectivity index (χ0) is 26.8. The van der Waals surface area contributed by atoms with Gasteiger partial charge in [-0.25, -0.2) is 23.4 Å². The molecular weight excluding hydrogens is 527 g/mol. The summed E-state index contributed by atoms with van der Waals surface area (Å²) in [6.45, 7) is 9.19. The molecule has 0 fully saturated rings. The van der Waals surface area contributed by atoms with Crippen LogP contribution in [-0.4, -0.2) is 66.6 Å². The van der Waals surface area contributed by atoms with E-state index in [1.165, 1.54) is 12.3 Å². The molecule has 10 nitrogen and oxygen atoms in total. The Balaban J connectivity index is 1.88. The number of anilines is 2. The Morgan fingerprint density at radius 3 is 2.35 bits per heavy atom. The van der Waals surface area contributed by atoms with Crippen LogP contribution in [0.1, 0.15) is 13.8 Å². The summed E-state index contributed by atoms with van der Waals surface area (Å²) in [5.74, 6) is 0.685. The summed E-state index contributed by atoms with van der Waals surface area (Å²) in [6, 6.07) is 12.7. The van der Waals surface area contributed by atoms with Crippen LogP contribution in [0.3, 0.4) is 0 Å². The average Bonchev–Trinajstić information content (AvgIpc) is 2.88. The summed E-state index contributed by atoms with van der Waals surface area (Å²) in [7, 11) is -5.12. The SMILES string of the molecule is C[SiH2]OC(O[SiH2]C)C(C)(C)C1CN(c2ccnc(S(C)(=O)=O)n2)c2nc(-c3ccccc3)cc(=O)n2C1. The molecule has 2 aromatic heterocycles.